The molecule has 0 radical (unpaired) electrons. The lowest BCUT2D eigenvalue weighted by atomic mass is 10.0. The van der Waals surface area contributed by atoms with Crippen molar-refractivity contribution in [1.82, 2.24) is 4.72 Å². The molecule has 0 amide bonds. The number of sulfonamides is 1. The molecule has 0 saturated heterocycles. The molecule has 0 fully saturated rings. The van der Waals surface area contributed by atoms with Crippen molar-refractivity contribution in [1.29, 1.82) is 0 Å². The smallest absolute Gasteiger partial charge is 0.243 e. The van der Waals surface area contributed by atoms with Crippen LogP contribution in [0.1, 0.15) is 33.6 Å². The molecule has 102 valence electrons. The average molecular weight is 335 g/mol. The van der Waals surface area contributed by atoms with Gasteiger partial charge in [-0.15, -0.1) is 0 Å². The number of nitrogen functional groups attached to an aromatic ring is 1. The molecule has 1 aromatic rings. The van der Waals surface area contributed by atoms with Crippen LogP contribution in [-0.2, 0) is 10.0 Å². The van der Waals surface area contributed by atoms with Crippen molar-refractivity contribution in [2.45, 2.75) is 44.0 Å². The fourth-order valence-electron chi connectivity index (χ4n) is 1.86. The number of nitrogens with one attached hydrogen (secondary N) is 1. The van der Waals surface area contributed by atoms with Gasteiger partial charge in [0.05, 0.1) is 5.69 Å². The van der Waals surface area contributed by atoms with Crippen molar-refractivity contribution in [2.75, 3.05) is 5.73 Å². The minimum atomic E-state index is -3.58. The molecular weight excluding hydrogens is 316 g/mol. The van der Waals surface area contributed by atoms with Gasteiger partial charge in [-0.2, -0.15) is 0 Å². The van der Waals surface area contributed by atoms with Crippen LogP contribution in [0.15, 0.2) is 27.6 Å². The van der Waals surface area contributed by atoms with Crippen molar-refractivity contribution in [2.24, 2.45) is 0 Å². The second kappa shape index (κ2) is 5.59. The number of halogens is 1. The van der Waals surface area contributed by atoms with Crippen molar-refractivity contribution >= 4 is 31.6 Å². The fraction of sp³-hybridized carbons (Fsp3) is 0.500. The van der Waals surface area contributed by atoms with Gasteiger partial charge >= 0.3 is 0 Å². The van der Waals surface area contributed by atoms with Gasteiger partial charge in [0, 0.05) is 10.0 Å². The fourth-order valence-corrected chi connectivity index (χ4v) is 3.79. The topological polar surface area (TPSA) is 72.2 Å². The quantitative estimate of drug-likeness (QED) is 0.813. The zero-order valence-electron chi connectivity index (χ0n) is 10.8. The Balaban J connectivity index is 3.07. The van der Waals surface area contributed by atoms with Gasteiger partial charge in [0.25, 0.3) is 0 Å². The number of nitrogens with two attached hydrogens (primary N) is 1. The van der Waals surface area contributed by atoms with Gasteiger partial charge in [0.1, 0.15) is 4.90 Å². The van der Waals surface area contributed by atoms with E-state index in [0.29, 0.717) is 0 Å². The van der Waals surface area contributed by atoms with Crippen LogP contribution in [0, 0.1) is 0 Å². The predicted octanol–water partition coefficient (Wildman–Crippen LogP) is 2.89. The molecule has 0 aliphatic heterocycles. The first kappa shape index (κ1) is 15.5. The van der Waals surface area contributed by atoms with E-state index >= 15 is 0 Å². The Morgan fingerprint density at radius 3 is 2.50 bits per heavy atom. The van der Waals surface area contributed by atoms with Crippen molar-refractivity contribution < 1.29 is 8.42 Å². The van der Waals surface area contributed by atoms with Crippen LogP contribution in [0.2, 0.25) is 0 Å². The molecule has 0 unspecified atom stereocenters. The van der Waals surface area contributed by atoms with E-state index in [0.717, 1.165) is 17.3 Å². The standard InChI is InChI=1S/C12H19BrN2O2S/c1-4-7-12(2,3)15-18(16,17)11-6-5-9(13)8-10(11)14/h5-6,8,15H,4,7,14H2,1-3H3. The van der Waals surface area contributed by atoms with Crippen LogP contribution < -0.4 is 10.5 Å². The summed E-state index contributed by atoms with van der Waals surface area (Å²) in [5.74, 6) is 0. The summed E-state index contributed by atoms with van der Waals surface area (Å²) in [5, 5.41) is 0. The first-order chi connectivity index (χ1) is 8.18. The summed E-state index contributed by atoms with van der Waals surface area (Å²) >= 11 is 3.25. The molecule has 0 spiro atoms. The lowest BCUT2D eigenvalue weighted by molar-refractivity contribution is 0.418. The molecule has 0 bridgehead atoms. The van der Waals surface area contributed by atoms with Crippen LogP contribution >= 0.6 is 15.9 Å². The Morgan fingerprint density at radius 2 is 2.00 bits per heavy atom. The first-order valence-corrected chi connectivity index (χ1v) is 8.04. The van der Waals surface area contributed by atoms with Gasteiger partial charge in [-0.3, -0.25) is 0 Å². The first-order valence-electron chi connectivity index (χ1n) is 5.77. The average Bonchev–Trinajstić information content (AvgIpc) is 2.14. The van der Waals surface area contributed by atoms with E-state index in [-0.39, 0.29) is 10.6 Å². The molecule has 18 heavy (non-hydrogen) atoms. The summed E-state index contributed by atoms with van der Waals surface area (Å²) in [4.78, 5) is 0.120. The lowest BCUT2D eigenvalue weighted by Crippen LogP contribution is -2.43. The predicted molar refractivity (Wildman–Crippen MR) is 77.9 cm³/mol. The highest BCUT2D eigenvalue weighted by atomic mass is 79.9. The van der Waals surface area contributed by atoms with Crippen LogP contribution in [-0.4, -0.2) is 14.0 Å². The van der Waals surface area contributed by atoms with E-state index in [1.54, 1.807) is 12.1 Å². The third kappa shape index (κ3) is 3.96. The summed E-state index contributed by atoms with van der Waals surface area (Å²) < 4.78 is 27.9. The molecule has 1 aromatic carbocycles. The van der Waals surface area contributed by atoms with E-state index in [4.69, 9.17) is 5.73 Å². The third-order valence-electron chi connectivity index (χ3n) is 2.55. The molecule has 0 atom stereocenters. The molecule has 0 heterocycles. The number of rotatable bonds is 5. The molecular formula is C12H19BrN2O2S. The molecule has 0 aliphatic rings. The maximum absolute atomic E-state index is 12.2. The summed E-state index contributed by atoms with van der Waals surface area (Å²) in [6, 6.07) is 4.75. The van der Waals surface area contributed by atoms with Gasteiger partial charge in [0.15, 0.2) is 0 Å². The number of hydrogen-bond acceptors (Lipinski definition) is 3. The second-order valence-electron chi connectivity index (χ2n) is 4.92. The number of anilines is 1. The minimum absolute atomic E-state index is 0.120. The van der Waals surface area contributed by atoms with Crippen LogP contribution in [0.3, 0.4) is 0 Å². The maximum atomic E-state index is 12.2. The SMILES string of the molecule is CCCC(C)(C)NS(=O)(=O)c1ccc(Br)cc1N. The van der Waals surface area contributed by atoms with Gasteiger partial charge in [-0.1, -0.05) is 29.3 Å². The van der Waals surface area contributed by atoms with E-state index in [1.807, 2.05) is 20.8 Å². The molecule has 4 nitrogen and oxygen atoms in total. The monoisotopic (exact) mass is 334 g/mol. The van der Waals surface area contributed by atoms with Crippen molar-refractivity contribution in [3.63, 3.8) is 0 Å². The van der Waals surface area contributed by atoms with E-state index in [1.165, 1.54) is 6.07 Å². The van der Waals surface area contributed by atoms with Gasteiger partial charge in [0.2, 0.25) is 10.0 Å². The van der Waals surface area contributed by atoms with E-state index in [9.17, 15) is 8.42 Å². The Kier molecular flexibility index (Phi) is 4.80. The molecule has 0 saturated carbocycles. The zero-order valence-corrected chi connectivity index (χ0v) is 13.2. The van der Waals surface area contributed by atoms with Gasteiger partial charge < -0.3 is 5.73 Å². The van der Waals surface area contributed by atoms with Crippen molar-refractivity contribution in [3.05, 3.63) is 22.7 Å². The Bertz CT molecular complexity index is 527. The van der Waals surface area contributed by atoms with Crippen LogP contribution in [0.4, 0.5) is 5.69 Å². The second-order valence-corrected chi connectivity index (χ2v) is 7.49. The Morgan fingerprint density at radius 1 is 1.39 bits per heavy atom. The highest BCUT2D eigenvalue weighted by Crippen LogP contribution is 2.24. The largest absolute Gasteiger partial charge is 0.398 e. The minimum Gasteiger partial charge on any atom is -0.398 e. The number of benzene rings is 1. The Hall–Kier alpha value is -0.590. The summed E-state index contributed by atoms with van der Waals surface area (Å²) in [7, 11) is -3.58. The van der Waals surface area contributed by atoms with E-state index < -0.39 is 15.6 Å². The normalized spacial score (nSPS) is 12.7. The maximum Gasteiger partial charge on any atom is 0.243 e. The molecule has 3 N–H and O–H groups in total. The highest BCUT2D eigenvalue weighted by molar-refractivity contribution is 9.10. The molecule has 1 rings (SSSR count). The summed E-state index contributed by atoms with van der Waals surface area (Å²) in [5.41, 5.74) is 5.51. The van der Waals surface area contributed by atoms with Crippen molar-refractivity contribution in [3.8, 4) is 0 Å². The zero-order chi connectivity index (χ0) is 14.0. The van der Waals surface area contributed by atoms with Gasteiger partial charge in [-0.25, -0.2) is 13.1 Å². The molecule has 0 aliphatic carbocycles. The highest BCUT2D eigenvalue weighted by Gasteiger charge is 2.26. The van der Waals surface area contributed by atoms with Crippen LogP contribution in [0.5, 0.6) is 0 Å². The van der Waals surface area contributed by atoms with Gasteiger partial charge in [-0.05, 0) is 38.5 Å². The lowest BCUT2D eigenvalue weighted by Gasteiger charge is -2.25. The Labute approximate surface area is 117 Å². The molecule has 6 heteroatoms. The van der Waals surface area contributed by atoms with Crippen LogP contribution in [0.25, 0.3) is 0 Å². The molecule has 0 aromatic heterocycles. The third-order valence-corrected chi connectivity index (χ3v) is 4.81. The van der Waals surface area contributed by atoms with E-state index in [2.05, 4.69) is 20.7 Å². The summed E-state index contributed by atoms with van der Waals surface area (Å²) in [6.45, 7) is 5.75. The summed E-state index contributed by atoms with van der Waals surface area (Å²) in [6.07, 6.45) is 1.67. The number of hydrogen-bond donors (Lipinski definition) is 2.